The first-order valence-corrected chi connectivity index (χ1v) is 9.64. The summed E-state index contributed by atoms with van der Waals surface area (Å²) in [4.78, 5) is 4.33. The number of nitrogens with one attached hydrogen (secondary N) is 2. The molecule has 1 heterocycles. The van der Waals surface area contributed by atoms with Crippen LogP contribution in [0.3, 0.4) is 0 Å². The van der Waals surface area contributed by atoms with E-state index in [-0.39, 0.29) is 5.41 Å². The van der Waals surface area contributed by atoms with E-state index in [9.17, 15) is 0 Å². The maximum Gasteiger partial charge on any atom is 0.190 e. The maximum atomic E-state index is 6.05. The predicted molar refractivity (Wildman–Crippen MR) is 99.4 cm³/mol. The minimum atomic E-state index is 0.183. The molecule has 0 aromatic heterocycles. The van der Waals surface area contributed by atoms with Gasteiger partial charge in [0.05, 0.1) is 6.10 Å². The first-order chi connectivity index (χ1) is 11.5. The van der Waals surface area contributed by atoms with Crippen LogP contribution in [-0.2, 0) is 9.47 Å². The summed E-state index contributed by atoms with van der Waals surface area (Å²) in [6.45, 7) is 11.3. The third-order valence-electron chi connectivity index (χ3n) is 4.86. The molecule has 0 radical (unpaired) electrons. The molecule has 2 rings (SSSR count). The molecule has 0 amide bonds. The standard InChI is InChI=1S/C19H37N3O2/c1-19(2,3)17-16(7-5-12-24-17)13-22-18(20-4)21-10-6-11-23-14-15-8-9-15/h15-17H,5-14H2,1-4H3,(H2,20,21,22). The number of rotatable bonds is 8. The van der Waals surface area contributed by atoms with Gasteiger partial charge in [-0.15, -0.1) is 0 Å². The predicted octanol–water partition coefficient (Wildman–Crippen LogP) is 2.81. The van der Waals surface area contributed by atoms with E-state index in [0.29, 0.717) is 12.0 Å². The zero-order valence-electron chi connectivity index (χ0n) is 16.1. The highest BCUT2D eigenvalue weighted by molar-refractivity contribution is 5.79. The lowest BCUT2D eigenvalue weighted by Crippen LogP contribution is -2.47. The largest absolute Gasteiger partial charge is 0.381 e. The minimum Gasteiger partial charge on any atom is -0.381 e. The lowest BCUT2D eigenvalue weighted by molar-refractivity contribution is -0.0835. The molecule has 1 aliphatic heterocycles. The summed E-state index contributed by atoms with van der Waals surface area (Å²) in [6, 6.07) is 0. The molecule has 24 heavy (non-hydrogen) atoms. The molecule has 0 aromatic rings. The van der Waals surface area contributed by atoms with Crippen LogP contribution in [-0.4, -0.2) is 52.0 Å². The van der Waals surface area contributed by atoms with Crippen molar-refractivity contribution in [3.63, 3.8) is 0 Å². The van der Waals surface area contributed by atoms with E-state index >= 15 is 0 Å². The summed E-state index contributed by atoms with van der Waals surface area (Å²) in [7, 11) is 1.83. The van der Waals surface area contributed by atoms with E-state index in [0.717, 1.165) is 57.6 Å². The molecular weight excluding hydrogens is 302 g/mol. The Hall–Kier alpha value is -0.810. The van der Waals surface area contributed by atoms with Crippen LogP contribution in [0.1, 0.15) is 52.9 Å². The molecule has 2 N–H and O–H groups in total. The zero-order valence-corrected chi connectivity index (χ0v) is 16.1. The van der Waals surface area contributed by atoms with Crippen molar-refractivity contribution >= 4 is 5.96 Å². The van der Waals surface area contributed by atoms with Crippen LogP contribution in [0.2, 0.25) is 0 Å². The number of guanidine groups is 1. The van der Waals surface area contributed by atoms with E-state index in [4.69, 9.17) is 9.47 Å². The number of hydrogen-bond donors (Lipinski definition) is 2. The molecule has 1 saturated heterocycles. The average molecular weight is 340 g/mol. The summed E-state index contributed by atoms with van der Waals surface area (Å²) < 4.78 is 11.7. The molecule has 0 bridgehead atoms. The lowest BCUT2D eigenvalue weighted by Gasteiger charge is -2.40. The van der Waals surface area contributed by atoms with Crippen molar-refractivity contribution < 1.29 is 9.47 Å². The van der Waals surface area contributed by atoms with Crippen LogP contribution in [0, 0.1) is 17.3 Å². The molecule has 1 aliphatic carbocycles. The van der Waals surface area contributed by atoms with Gasteiger partial charge in [0.25, 0.3) is 0 Å². The van der Waals surface area contributed by atoms with Crippen molar-refractivity contribution in [1.82, 2.24) is 10.6 Å². The molecule has 2 atom stereocenters. The van der Waals surface area contributed by atoms with Crippen LogP contribution in [0.15, 0.2) is 4.99 Å². The Morgan fingerprint density at radius 3 is 2.67 bits per heavy atom. The SMILES string of the molecule is CN=C(NCCCOCC1CC1)NCC1CCCOC1C(C)(C)C. The van der Waals surface area contributed by atoms with Crippen LogP contribution >= 0.6 is 0 Å². The first-order valence-electron chi connectivity index (χ1n) is 9.64. The molecule has 2 unspecified atom stereocenters. The van der Waals surface area contributed by atoms with Gasteiger partial charge in [0.1, 0.15) is 0 Å². The number of ether oxygens (including phenoxy) is 2. The van der Waals surface area contributed by atoms with Gasteiger partial charge in [-0.05, 0) is 43.4 Å². The topological polar surface area (TPSA) is 54.9 Å². The van der Waals surface area contributed by atoms with Gasteiger partial charge in [-0.3, -0.25) is 4.99 Å². The Balaban J connectivity index is 1.62. The monoisotopic (exact) mass is 339 g/mol. The molecule has 2 aliphatic rings. The summed E-state index contributed by atoms with van der Waals surface area (Å²) in [5, 5.41) is 6.86. The van der Waals surface area contributed by atoms with Gasteiger partial charge in [0, 0.05) is 45.9 Å². The van der Waals surface area contributed by atoms with E-state index in [2.05, 4.69) is 36.4 Å². The summed E-state index contributed by atoms with van der Waals surface area (Å²) in [5.74, 6) is 2.27. The second-order valence-corrected chi connectivity index (χ2v) is 8.31. The van der Waals surface area contributed by atoms with E-state index in [1.807, 2.05) is 7.05 Å². The number of hydrogen-bond acceptors (Lipinski definition) is 3. The van der Waals surface area contributed by atoms with Crippen molar-refractivity contribution in [1.29, 1.82) is 0 Å². The number of aliphatic imine (C=N–C) groups is 1. The summed E-state index contributed by atoms with van der Waals surface area (Å²) >= 11 is 0. The molecule has 5 nitrogen and oxygen atoms in total. The smallest absolute Gasteiger partial charge is 0.190 e. The highest BCUT2D eigenvalue weighted by atomic mass is 16.5. The van der Waals surface area contributed by atoms with Gasteiger partial charge in [0.2, 0.25) is 0 Å². The Bertz CT molecular complexity index is 389. The van der Waals surface area contributed by atoms with Crippen LogP contribution in [0.25, 0.3) is 0 Å². The maximum absolute atomic E-state index is 6.05. The molecule has 0 spiro atoms. The van der Waals surface area contributed by atoms with Crippen molar-refractivity contribution in [3.8, 4) is 0 Å². The first kappa shape index (κ1) is 19.5. The molecule has 5 heteroatoms. The quantitative estimate of drug-likeness (QED) is 0.406. The lowest BCUT2D eigenvalue weighted by atomic mass is 9.78. The Morgan fingerprint density at radius 2 is 2.00 bits per heavy atom. The van der Waals surface area contributed by atoms with Gasteiger partial charge in [-0.1, -0.05) is 20.8 Å². The second kappa shape index (κ2) is 9.62. The van der Waals surface area contributed by atoms with Gasteiger partial charge >= 0.3 is 0 Å². The zero-order chi connectivity index (χ0) is 17.4. The van der Waals surface area contributed by atoms with Crippen molar-refractivity contribution in [3.05, 3.63) is 0 Å². The summed E-state index contributed by atoms with van der Waals surface area (Å²) in [6.07, 6.45) is 6.42. The highest BCUT2D eigenvalue weighted by Crippen LogP contribution is 2.33. The van der Waals surface area contributed by atoms with Crippen LogP contribution in [0.5, 0.6) is 0 Å². The molecule has 2 fully saturated rings. The average Bonchev–Trinajstić information content (AvgIpc) is 3.37. The van der Waals surface area contributed by atoms with E-state index in [1.165, 1.54) is 19.3 Å². The van der Waals surface area contributed by atoms with Crippen molar-refractivity contribution in [2.24, 2.45) is 22.2 Å². The second-order valence-electron chi connectivity index (χ2n) is 8.31. The van der Waals surface area contributed by atoms with Crippen LogP contribution in [0.4, 0.5) is 0 Å². The fraction of sp³-hybridized carbons (Fsp3) is 0.947. The Morgan fingerprint density at radius 1 is 1.21 bits per heavy atom. The van der Waals surface area contributed by atoms with Crippen LogP contribution < -0.4 is 10.6 Å². The minimum absolute atomic E-state index is 0.183. The molecular formula is C19H37N3O2. The van der Waals surface area contributed by atoms with E-state index < -0.39 is 0 Å². The van der Waals surface area contributed by atoms with Crippen molar-refractivity contribution in [2.45, 2.75) is 59.0 Å². The fourth-order valence-corrected chi connectivity index (χ4v) is 3.37. The highest BCUT2D eigenvalue weighted by Gasteiger charge is 2.35. The molecule has 0 aromatic carbocycles. The number of nitrogens with zero attached hydrogens (tertiary/aromatic N) is 1. The van der Waals surface area contributed by atoms with Gasteiger partial charge < -0.3 is 20.1 Å². The van der Waals surface area contributed by atoms with Gasteiger partial charge in [-0.2, -0.15) is 0 Å². The summed E-state index contributed by atoms with van der Waals surface area (Å²) in [5.41, 5.74) is 0.183. The third kappa shape index (κ3) is 6.98. The molecule has 1 saturated carbocycles. The van der Waals surface area contributed by atoms with Gasteiger partial charge in [0.15, 0.2) is 5.96 Å². The third-order valence-corrected chi connectivity index (χ3v) is 4.86. The van der Waals surface area contributed by atoms with Gasteiger partial charge in [-0.25, -0.2) is 0 Å². The van der Waals surface area contributed by atoms with Crippen molar-refractivity contribution in [2.75, 3.05) is 40.0 Å². The Labute approximate surface area is 148 Å². The van der Waals surface area contributed by atoms with E-state index in [1.54, 1.807) is 0 Å². The fourth-order valence-electron chi connectivity index (χ4n) is 3.37. The molecule has 140 valence electrons. The normalized spacial score (nSPS) is 25.6. The Kier molecular flexibility index (Phi) is 7.82.